The summed E-state index contributed by atoms with van der Waals surface area (Å²) in [6, 6.07) is 3.59. The number of fused-ring (bicyclic) bond motifs is 1. The van der Waals surface area contributed by atoms with Crippen molar-refractivity contribution < 1.29 is 9.90 Å². The largest absolute Gasteiger partial charge is 0.400 e. The zero-order valence-corrected chi connectivity index (χ0v) is 12.2. The molecule has 0 aliphatic carbocycles. The lowest BCUT2D eigenvalue weighted by Crippen LogP contribution is -2.26. The molecule has 1 aliphatic heterocycles. The van der Waals surface area contributed by atoms with E-state index in [1.165, 1.54) is 11.3 Å². The number of aromatic nitrogens is 1. The van der Waals surface area contributed by atoms with Crippen LogP contribution in [0.4, 0.5) is 0 Å². The number of halogens is 1. The van der Waals surface area contributed by atoms with Crippen molar-refractivity contribution in [2.45, 2.75) is 12.8 Å². The van der Waals surface area contributed by atoms with Gasteiger partial charge in [-0.3, -0.25) is 9.78 Å². The third-order valence-electron chi connectivity index (χ3n) is 2.97. The molecule has 3 rings (SSSR count). The maximum absolute atomic E-state index is 12.2. The lowest BCUT2D eigenvalue weighted by atomic mass is 10.3. The van der Waals surface area contributed by atoms with Crippen molar-refractivity contribution in [2.24, 2.45) is 0 Å². The molecule has 6 heteroatoms. The van der Waals surface area contributed by atoms with Gasteiger partial charge in [-0.1, -0.05) is 11.6 Å². The fourth-order valence-electron chi connectivity index (χ4n) is 2.09. The molecule has 2 aromatic heterocycles. The Hall–Kier alpha value is -1.17. The van der Waals surface area contributed by atoms with Crippen molar-refractivity contribution >= 4 is 39.1 Å². The summed E-state index contributed by atoms with van der Waals surface area (Å²) in [4.78, 5) is 19.1. The molecule has 1 N–H and O–H groups in total. The maximum Gasteiger partial charge on any atom is 0.264 e. The highest BCUT2D eigenvalue weighted by atomic mass is 35.5. The van der Waals surface area contributed by atoms with E-state index in [9.17, 15) is 4.79 Å². The van der Waals surface area contributed by atoms with Gasteiger partial charge in [0.15, 0.2) is 0 Å². The number of thiophene rings is 1. The Kier molecular flexibility index (Phi) is 4.74. The first kappa shape index (κ1) is 14.2. The summed E-state index contributed by atoms with van der Waals surface area (Å²) in [5.41, 5.74) is 0.810. The molecule has 0 spiro atoms. The highest BCUT2D eigenvalue weighted by molar-refractivity contribution is 7.21. The third-order valence-corrected chi connectivity index (χ3v) is 4.54. The van der Waals surface area contributed by atoms with E-state index in [1.807, 2.05) is 11.0 Å². The first-order valence-corrected chi connectivity index (χ1v) is 7.23. The summed E-state index contributed by atoms with van der Waals surface area (Å²) in [5.74, 6) is 0.113. The SMILES string of the molecule is CO.O=C(c1cc2nccc(Cl)c2s1)N1CCCC1. The zero-order valence-electron chi connectivity index (χ0n) is 10.6. The smallest absolute Gasteiger partial charge is 0.264 e. The number of aliphatic hydroxyl groups excluding tert-OH is 1. The lowest BCUT2D eigenvalue weighted by Gasteiger charge is -2.13. The number of nitrogens with zero attached hydrogens (tertiary/aromatic N) is 2. The second-order valence-electron chi connectivity index (χ2n) is 4.12. The second kappa shape index (κ2) is 6.32. The maximum atomic E-state index is 12.2. The van der Waals surface area contributed by atoms with Crippen molar-refractivity contribution in [1.29, 1.82) is 0 Å². The van der Waals surface area contributed by atoms with Gasteiger partial charge in [0, 0.05) is 26.4 Å². The van der Waals surface area contributed by atoms with Crippen molar-refractivity contribution in [3.05, 3.63) is 28.2 Å². The minimum Gasteiger partial charge on any atom is -0.400 e. The topological polar surface area (TPSA) is 53.4 Å². The first-order chi connectivity index (χ1) is 9.25. The molecule has 1 aliphatic rings. The number of hydrogen-bond acceptors (Lipinski definition) is 4. The Bertz CT molecular complexity index is 579. The van der Waals surface area contributed by atoms with E-state index in [1.54, 1.807) is 12.3 Å². The van der Waals surface area contributed by atoms with Gasteiger partial charge < -0.3 is 10.0 Å². The Morgan fingerprint density at radius 1 is 1.42 bits per heavy atom. The van der Waals surface area contributed by atoms with Crippen LogP contribution in [0.1, 0.15) is 22.5 Å². The Morgan fingerprint density at radius 2 is 2.11 bits per heavy atom. The minimum atomic E-state index is 0.113. The monoisotopic (exact) mass is 298 g/mol. The van der Waals surface area contributed by atoms with E-state index in [0.717, 1.165) is 48.1 Å². The molecule has 1 amide bonds. The van der Waals surface area contributed by atoms with Crippen LogP contribution in [0.3, 0.4) is 0 Å². The number of carbonyl (C=O) groups excluding carboxylic acids is 1. The van der Waals surface area contributed by atoms with Crippen LogP contribution in [-0.4, -0.2) is 41.1 Å². The van der Waals surface area contributed by atoms with Crippen LogP contribution in [0, 0.1) is 0 Å². The number of carbonyl (C=O) groups is 1. The molecule has 102 valence electrons. The molecular weight excluding hydrogens is 284 g/mol. The molecule has 0 atom stereocenters. The molecule has 3 heterocycles. The molecule has 1 fully saturated rings. The number of aliphatic hydroxyl groups is 1. The quantitative estimate of drug-likeness (QED) is 0.881. The number of amides is 1. The van der Waals surface area contributed by atoms with Crippen LogP contribution in [0.15, 0.2) is 18.3 Å². The molecule has 2 aromatic rings. The average Bonchev–Trinajstić information content (AvgIpc) is 3.10. The Labute approximate surface area is 120 Å². The van der Waals surface area contributed by atoms with E-state index < -0.39 is 0 Å². The van der Waals surface area contributed by atoms with Gasteiger partial charge in [0.2, 0.25) is 0 Å². The van der Waals surface area contributed by atoms with Crippen molar-refractivity contribution in [1.82, 2.24) is 9.88 Å². The third kappa shape index (κ3) is 2.88. The molecular formula is C13H15ClN2O2S. The average molecular weight is 299 g/mol. The van der Waals surface area contributed by atoms with Crippen molar-refractivity contribution in [2.75, 3.05) is 20.2 Å². The molecule has 0 aromatic carbocycles. The predicted molar refractivity (Wildman–Crippen MR) is 77.9 cm³/mol. The molecule has 0 saturated carbocycles. The zero-order chi connectivity index (χ0) is 13.8. The first-order valence-electron chi connectivity index (χ1n) is 6.04. The van der Waals surface area contributed by atoms with Gasteiger partial charge in [-0.15, -0.1) is 11.3 Å². The predicted octanol–water partition coefficient (Wildman–Crippen LogP) is 2.79. The van der Waals surface area contributed by atoms with Gasteiger partial charge in [0.05, 0.1) is 20.1 Å². The summed E-state index contributed by atoms with van der Waals surface area (Å²) < 4.78 is 0.900. The Balaban J connectivity index is 0.000000637. The number of pyridine rings is 1. The molecule has 0 radical (unpaired) electrons. The van der Waals surface area contributed by atoms with E-state index in [0.29, 0.717) is 5.02 Å². The second-order valence-corrected chi connectivity index (χ2v) is 5.58. The van der Waals surface area contributed by atoms with Crippen LogP contribution in [0.2, 0.25) is 5.02 Å². The molecule has 0 bridgehead atoms. The van der Waals surface area contributed by atoms with Crippen LogP contribution < -0.4 is 0 Å². The standard InChI is InChI=1S/C12H11ClN2OS.CH4O/c13-8-3-4-14-9-7-10(17-11(8)9)12(16)15-5-1-2-6-15;1-2/h3-4,7H,1-2,5-6H2;2H,1H3. The van der Waals surface area contributed by atoms with Crippen LogP contribution >= 0.6 is 22.9 Å². The van der Waals surface area contributed by atoms with E-state index in [2.05, 4.69) is 4.98 Å². The molecule has 4 nitrogen and oxygen atoms in total. The normalized spacial score (nSPS) is 14.4. The minimum absolute atomic E-state index is 0.113. The van der Waals surface area contributed by atoms with E-state index >= 15 is 0 Å². The molecule has 1 saturated heterocycles. The number of hydrogen-bond donors (Lipinski definition) is 1. The number of rotatable bonds is 1. The fourth-order valence-corrected chi connectivity index (χ4v) is 3.35. The summed E-state index contributed by atoms with van der Waals surface area (Å²) in [7, 11) is 1.00. The van der Waals surface area contributed by atoms with Gasteiger partial charge in [0.25, 0.3) is 5.91 Å². The van der Waals surface area contributed by atoms with Crippen molar-refractivity contribution in [3.8, 4) is 0 Å². The van der Waals surface area contributed by atoms with E-state index in [-0.39, 0.29) is 5.91 Å². The molecule has 19 heavy (non-hydrogen) atoms. The molecule has 0 unspecified atom stereocenters. The van der Waals surface area contributed by atoms with Crippen LogP contribution in [0.25, 0.3) is 10.2 Å². The highest BCUT2D eigenvalue weighted by Gasteiger charge is 2.21. The van der Waals surface area contributed by atoms with Crippen LogP contribution in [0.5, 0.6) is 0 Å². The summed E-state index contributed by atoms with van der Waals surface area (Å²) >= 11 is 7.51. The summed E-state index contributed by atoms with van der Waals surface area (Å²) in [6.45, 7) is 1.74. The van der Waals surface area contributed by atoms with Gasteiger partial charge in [-0.05, 0) is 25.0 Å². The van der Waals surface area contributed by atoms with Crippen molar-refractivity contribution in [3.63, 3.8) is 0 Å². The summed E-state index contributed by atoms with van der Waals surface area (Å²) in [6.07, 6.45) is 3.88. The van der Waals surface area contributed by atoms with Gasteiger partial charge in [-0.25, -0.2) is 0 Å². The highest BCUT2D eigenvalue weighted by Crippen LogP contribution is 2.31. The Morgan fingerprint density at radius 3 is 2.74 bits per heavy atom. The summed E-state index contributed by atoms with van der Waals surface area (Å²) in [5, 5.41) is 7.67. The van der Waals surface area contributed by atoms with E-state index in [4.69, 9.17) is 16.7 Å². The fraction of sp³-hybridized carbons (Fsp3) is 0.385. The van der Waals surface area contributed by atoms with Gasteiger partial charge in [0.1, 0.15) is 0 Å². The van der Waals surface area contributed by atoms with Gasteiger partial charge in [-0.2, -0.15) is 0 Å². The lowest BCUT2D eigenvalue weighted by molar-refractivity contribution is 0.0797. The number of likely N-dealkylation sites (tertiary alicyclic amines) is 1. The van der Waals surface area contributed by atoms with Gasteiger partial charge >= 0.3 is 0 Å². The van der Waals surface area contributed by atoms with Crippen LogP contribution in [-0.2, 0) is 0 Å².